The van der Waals surface area contributed by atoms with Gasteiger partial charge < -0.3 is 3.87 Å². The summed E-state index contributed by atoms with van der Waals surface area (Å²) in [5.41, 5.74) is 1.14. The van der Waals surface area contributed by atoms with Gasteiger partial charge in [-0.15, -0.1) is 0 Å². The van der Waals surface area contributed by atoms with Crippen LogP contribution in [0.1, 0.15) is 25.3 Å². The largest absolute Gasteiger partial charge is 0.315 e. The molecule has 0 fully saturated rings. The van der Waals surface area contributed by atoms with Crippen LogP contribution in [0.25, 0.3) is 0 Å². The van der Waals surface area contributed by atoms with Crippen LogP contribution in [0.15, 0.2) is 30.3 Å². The van der Waals surface area contributed by atoms with Gasteiger partial charge >= 0.3 is 0 Å². The van der Waals surface area contributed by atoms with Crippen molar-refractivity contribution >= 4 is 18.4 Å². The highest BCUT2D eigenvalue weighted by Crippen LogP contribution is 2.16. The molecule has 0 heterocycles. The van der Waals surface area contributed by atoms with Crippen molar-refractivity contribution in [2.75, 3.05) is 5.75 Å². The quantitative estimate of drug-likeness (QED) is 0.723. The van der Waals surface area contributed by atoms with Gasteiger partial charge in [-0.1, -0.05) is 43.7 Å². The lowest BCUT2D eigenvalue weighted by Crippen LogP contribution is -2.37. The average Bonchev–Trinajstić information content (AvgIpc) is 2.25. The van der Waals surface area contributed by atoms with Gasteiger partial charge in [0.05, 0.1) is 5.75 Å². The van der Waals surface area contributed by atoms with E-state index >= 15 is 0 Å². The molecule has 0 saturated heterocycles. The average molecular weight is 286 g/mol. The number of unbranched alkanes of at least 4 members (excludes halogenated alkanes) is 1. The number of hydrogen-bond acceptors (Lipinski definition) is 3. The highest BCUT2D eigenvalue weighted by molar-refractivity contribution is 7.87. The zero-order valence-electron chi connectivity index (χ0n) is 11.3. The second-order valence-electron chi connectivity index (χ2n) is 5.12. The van der Waals surface area contributed by atoms with Crippen LogP contribution in [0.3, 0.4) is 0 Å². The lowest BCUT2D eigenvalue weighted by molar-refractivity contribution is 0.479. The Morgan fingerprint density at radius 1 is 1.17 bits per heavy atom. The summed E-state index contributed by atoms with van der Waals surface area (Å²) in [5.74, 6) is 0.134. The summed E-state index contributed by atoms with van der Waals surface area (Å²) in [6, 6.07) is 10.6. The van der Waals surface area contributed by atoms with E-state index in [9.17, 15) is 8.42 Å². The first-order valence-electron chi connectivity index (χ1n) is 6.32. The monoisotopic (exact) mass is 286 g/mol. The van der Waals surface area contributed by atoms with Crippen molar-refractivity contribution in [1.82, 2.24) is 0 Å². The Morgan fingerprint density at radius 3 is 2.33 bits per heavy atom. The molecule has 3 nitrogen and oxygen atoms in total. The lowest BCUT2D eigenvalue weighted by Gasteiger charge is -2.22. The van der Waals surface area contributed by atoms with Crippen LogP contribution in [0.5, 0.6) is 0 Å². The number of rotatable bonds is 7. The Labute approximate surface area is 111 Å². The molecule has 0 atom stereocenters. The van der Waals surface area contributed by atoms with Gasteiger partial charge in [0.25, 0.3) is 10.1 Å². The van der Waals surface area contributed by atoms with Crippen molar-refractivity contribution in [1.29, 1.82) is 0 Å². The summed E-state index contributed by atoms with van der Waals surface area (Å²) in [6.07, 6.45) is 1.53. The maximum absolute atomic E-state index is 11.8. The third-order valence-corrected chi connectivity index (χ3v) is 7.44. The van der Waals surface area contributed by atoms with E-state index in [2.05, 4.69) is 0 Å². The molecule has 0 aliphatic rings. The molecule has 0 unspecified atom stereocenters. The fourth-order valence-electron chi connectivity index (χ4n) is 1.82. The van der Waals surface area contributed by atoms with Crippen LogP contribution >= 0.6 is 0 Å². The van der Waals surface area contributed by atoms with E-state index in [1.54, 1.807) is 0 Å². The minimum Gasteiger partial charge on any atom is -0.315 e. The van der Waals surface area contributed by atoms with Gasteiger partial charge in [0.2, 0.25) is 8.32 Å². The fourth-order valence-corrected chi connectivity index (χ4v) is 7.00. The number of hydrogen-bond donors (Lipinski definition) is 0. The van der Waals surface area contributed by atoms with Gasteiger partial charge in [-0.05, 0) is 31.1 Å². The smallest absolute Gasteiger partial charge is 0.257 e. The molecule has 1 rings (SSSR count). The topological polar surface area (TPSA) is 43.4 Å². The molecule has 0 saturated carbocycles. The molecule has 0 aromatic heterocycles. The SMILES string of the molecule is CCCCS(=O)(=O)O[Si](C)(C)Cc1ccccc1. The van der Waals surface area contributed by atoms with Gasteiger partial charge in [-0.2, -0.15) is 0 Å². The molecule has 0 aliphatic carbocycles. The Hall–Kier alpha value is -0.653. The lowest BCUT2D eigenvalue weighted by atomic mass is 10.2. The molecule has 0 radical (unpaired) electrons. The summed E-state index contributed by atoms with van der Waals surface area (Å²) in [6.45, 7) is 5.87. The predicted molar refractivity (Wildman–Crippen MR) is 77.4 cm³/mol. The summed E-state index contributed by atoms with van der Waals surface area (Å²) >= 11 is 0. The minimum absolute atomic E-state index is 0.134. The van der Waals surface area contributed by atoms with Gasteiger partial charge in [-0.3, -0.25) is 0 Å². The molecule has 0 aliphatic heterocycles. The summed E-state index contributed by atoms with van der Waals surface area (Å²) in [5, 5.41) is 0. The molecule has 1 aromatic carbocycles. The molecule has 0 bridgehead atoms. The standard InChI is InChI=1S/C13H22O3SSi/c1-4-5-11-17(14,15)16-18(2,3)12-13-9-7-6-8-10-13/h6-10H,4-5,11-12H2,1-3H3. The second kappa shape index (κ2) is 6.50. The first-order chi connectivity index (χ1) is 8.35. The Bertz CT molecular complexity index is 454. The van der Waals surface area contributed by atoms with Gasteiger partial charge in [0.1, 0.15) is 0 Å². The predicted octanol–water partition coefficient (Wildman–Crippen LogP) is 3.12. The maximum Gasteiger partial charge on any atom is 0.257 e. The highest BCUT2D eigenvalue weighted by Gasteiger charge is 2.29. The second-order valence-corrected chi connectivity index (χ2v) is 11.2. The van der Waals surface area contributed by atoms with Crippen LogP contribution in [0, 0.1) is 0 Å². The van der Waals surface area contributed by atoms with Crippen molar-refractivity contribution in [2.24, 2.45) is 0 Å². The number of benzene rings is 1. The Morgan fingerprint density at radius 2 is 1.78 bits per heavy atom. The van der Waals surface area contributed by atoms with Crippen LogP contribution in [0.4, 0.5) is 0 Å². The molecule has 18 heavy (non-hydrogen) atoms. The fraction of sp³-hybridized carbons (Fsp3) is 0.538. The van der Waals surface area contributed by atoms with Gasteiger partial charge in [-0.25, -0.2) is 8.42 Å². The first-order valence-corrected chi connectivity index (χ1v) is 11.0. The molecule has 0 N–H and O–H groups in total. The molecule has 5 heteroatoms. The van der Waals surface area contributed by atoms with E-state index in [-0.39, 0.29) is 5.75 Å². The first kappa shape index (κ1) is 15.4. The third-order valence-electron chi connectivity index (χ3n) is 2.57. The van der Waals surface area contributed by atoms with Crippen molar-refractivity contribution in [2.45, 2.75) is 38.9 Å². The molecule has 102 valence electrons. The van der Waals surface area contributed by atoms with Crippen molar-refractivity contribution < 1.29 is 12.3 Å². The molecule has 1 aromatic rings. The van der Waals surface area contributed by atoms with E-state index < -0.39 is 18.4 Å². The van der Waals surface area contributed by atoms with Crippen molar-refractivity contribution in [3.8, 4) is 0 Å². The molecular weight excluding hydrogens is 264 g/mol. The van der Waals surface area contributed by atoms with Gasteiger partial charge in [0.15, 0.2) is 0 Å². The Kier molecular flexibility index (Phi) is 5.56. The zero-order chi connectivity index (χ0) is 13.6. The van der Waals surface area contributed by atoms with Crippen LogP contribution < -0.4 is 0 Å². The summed E-state index contributed by atoms with van der Waals surface area (Å²) < 4.78 is 29.1. The van der Waals surface area contributed by atoms with E-state index in [0.717, 1.165) is 18.0 Å². The van der Waals surface area contributed by atoms with Crippen molar-refractivity contribution in [3.63, 3.8) is 0 Å². The summed E-state index contributed by atoms with van der Waals surface area (Å²) in [4.78, 5) is 0. The minimum atomic E-state index is -3.36. The highest BCUT2D eigenvalue weighted by atomic mass is 32.2. The zero-order valence-corrected chi connectivity index (χ0v) is 13.2. The van der Waals surface area contributed by atoms with E-state index in [1.807, 2.05) is 50.3 Å². The van der Waals surface area contributed by atoms with Crippen molar-refractivity contribution in [3.05, 3.63) is 35.9 Å². The third kappa shape index (κ3) is 5.80. The maximum atomic E-state index is 11.8. The van der Waals surface area contributed by atoms with E-state index in [1.165, 1.54) is 0 Å². The van der Waals surface area contributed by atoms with Crippen LogP contribution in [-0.2, 0) is 20.0 Å². The molecule has 0 spiro atoms. The van der Waals surface area contributed by atoms with E-state index in [4.69, 9.17) is 3.87 Å². The normalized spacial score (nSPS) is 12.6. The molecular formula is C13H22O3SSi. The van der Waals surface area contributed by atoms with Crippen LogP contribution in [-0.4, -0.2) is 22.5 Å². The summed E-state index contributed by atoms with van der Waals surface area (Å²) in [7, 11) is -5.58. The van der Waals surface area contributed by atoms with Gasteiger partial charge in [0, 0.05) is 0 Å². The van der Waals surface area contributed by atoms with E-state index in [0.29, 0.717) is 6.42 Å². The Balaban J connectivity index is 2.64. The molecule has 0 amide bonds. The van der Waals surface area contributed by atoms with Crippen LogP contribution in [0.2, 0.25) is 13.1 Å².